The van der Waals surface area contributed by atoms with Crippen LogP contribution in [0.5, 0.6) is 5.75 Å². The molecule has 1 aliphatic heterocycles. The number of ether oxygens (including phenoxy) is 1. The molecule has 0 aromatic heterocycles. The lowest BCUT2D eigenvalue weighted by molar-refractivity contribution is 0.0963. The quantitative estimate of drug-likeness (QED) is 0.437. The monoisotopic (exact) mass is 437 g/mol. The third-order valence-corrected chi connectivity index (χ3v) is 5.92. The van der Waals surface area contributed by atoms with E-state index in [4.69, 9.17) is 4.74 Å². The number of guanidine groups is 1. The van der Waals surface area contributed by atoms with E-state index >= 15 is 0 Å². The van der Waals surface area contributed by atoms with Gasteiger partial charge >= 0.3 is 0 Å². The van der Waals surface area contributed by atoms with Crippen LogP contribution < -0.4 is 20.7 Å². The van der Waals surface area contributed by atoms with Crippen molar-refractivity contribution in [2.75, 3.05) is 40.8 Å². The van der Waals surface area contributed by atoms with Gasteiger partial charge in [0.25, 0.3) is 5.91 Å². The standard InChI is InChI=1S/C25H35N5O2/c1-26-24(31)21-9-7-19(8-10-21)17-28-25(27-2)29-18-23(30-15-5-4-6-16-30)20-11-13-22(32-3)14-12-20/h7-14,23H,4-6,15-18H2,1-3H3,(H,26,31)(H2,27,28,29). The number of rotatable bonds is 8. The van der Waals surface area contributed by atoms with Crippen LogP contribution in [0.3, 0.4) is 0 Å². The van der Waals surface area contributed by atoms with Gasteiger partial charge in [0, 0.05) is 32.7 Å². The Balaban J connectivity index is 1.60. The number of likely N-dealkylation sites (tertiary alicyclic amines) is 1. The average Bonchev–Trinajstić information content (AvgIpc) is 2.86. The van der Waals surface area contributed by atoms with E-state index in [1.807, 2.05) is 36.4 Å². The van der Waals surface area contributed by atoms with Gasteiger partial charge in [-0.2, -0.15) is 0 Å². The normalized spacial score (nSPS) is 15.7. The number of nitrogens with one attached hydrogen (secondary N) is 3. The van der Waals surface area contributed by atoms with Crippen molar-refractivity contribution in [1.82, 2.24) is 20.9 Å². The Hall–Kier alpha value is -3.06. The number of carbonyl (C=O) groups excluding carboxylic acids is 1. The van der Waals surface area contributed by atoms with E-state index in [1.54, 1.807) is 21.2 Å². The predicted octanol–water partition coefficient (Wildman–Crippen LogP) is 2.95. The second kappa shape index (κ2) is 12.1. The number of nitrogens with zero attached hydrogens (tertiary/aromatic N) is 2. The maximum Gasteiger partial charge on any atom is 0.251 e. The third-order valence-electron chi connectivity index (χ3n) is 5.92. The molecule has 1 unspecified atom stereocenters. The molecule has 1 fully saturated rings. The minimum absolute atomic E-state index is 0.0794. The third kappa shape index (κ3) is 6.47. The summed E-state index contributed by atoms with van der Waals surface area (Å²) >= 11 is 0. The largest absolute Gasteiger partial charge is 0.497 e. The summed E-state index contributed by atoms with van der Waals surface area (Å²) in [5.41, 5.74) is 3.02. The molecule has 0 radical (unpaired) electrons. The molecular formula is C25H35N5O2. The van der Waals surface area contributed by atoms with Gasteiger partial charge in [0.15, 0.2) is 5.96 Å². The van der Waals surface area contributed by atoms with E-state index in [0.29, 0.717) is 12.1 Å². The molecule has 172 valence electrons. The van der Waals surface area contributed by atoms with Crippen LogP contribution in [0.4, 0.5) is 0 Å². The Bertz CT molecular complexity index is 874. The molecule has 1 aliphatic rings. The second-order valence-corrected chi connectivity index (χ2v) is 7.97. The summed E-state index contributed by atoms with van der Waals surface area (Å²) < 4.78 is 5.33. The van der Waals surface area contributed by atoms with Crippen molar-refractivity contribution in [3.8, 4) is 5.75 Å². The lowest BCUT2D eigenvalue weighted by atomic mass is 10.0. The van der Waals surface area contributed by atoms with Gasteiger partial charge < -0.3 is 20.7 Å². The molecule has 7 nitrogen and oxygen atoms in total. The Kier molecular flexibility index (Phi) is 8.92. The molecule has 7 heteroatoms. The van der Waals surface area contributed by atoms with Crippen LogP contribution in [0.2, 0.25) is 0 Å². The number of carbonyl (C=O) groups is 1. The van der Waals surface area contributed by atoms with Gasteiger partial charge in [-0.15, -0.1) is 0 Å². The van der Waals surface area contributed by atoms with E-state index in [2.05, 4.69) is 38.0 Å². The molecule has 0 spiro atoms. The SMILES string of the molecule is CN=C(NCc1ccc(C(=O)NC)cc1)NCC(c1ccc(OC)cc1)N1CCCCC1. The van der Waals surface area contributed by atoms with Crippen LogP contribution in [0.25, 0.3) is 0 Å². The van der Waals surface area contributed by atoms with Crippen LogP contribution in [-0.2, 0) is 6.54 Å². The van der Waals surface area contributed by atoms with Gasteiger partial charge in [-0.3, -0.25) is 14.7 Å². The first-order valence-electron chi connectivity index (χ1n) is 11.3. The number of hydrogen-bond acceptors (Lipinski definition) is 4. The fraction of sp³-hybridized carbons (Fsp3) is 0.440. The van der Waals surface area contributed by atoms with E-state index < -0.39 is 0 Å². The fourth-order valence-electron chi connectivity index (χ4n) is 4.03. The summed E-state index contributed by atoms with van der Waals surface area (Å²) in [6.07, 6.45) is 3.79. The van der Waals surface area contributed by atoms with Gasteiger partial charge in [0.05, 0.1) is 13.2 Å². The zero-order chi connectivity index (χ0) is 22.8. The van der Waals surface area contributed by atoms with E-state index in [9.17, 15) is 4.79 Å². The zero-order valence-corrected chi connectivity index (χ0v) is 19.4. The summed E-state index contributed by atoms with van der Waals surface area (Å²) in [5.74, 6) is 1.55. The number of piperidine rings is 1. The Morgan fingerprint density at radius 2 is 1.72 bits per heavy atom. The lowest BCUT2D eigenvalue weighted by Gasteiger charge is -2.35. The number of aliphatic imine (C=N–C) groups is 1. The molecule has 1 saturated heterocycles. The van der Waals surface area contributed by atoms with Gasteiger partial charge in [-0.1, -0.05) is 30.7 Å². The maximum atomic E-state index is 11.7. The molecule has 0 bridgehead atoms. The summed E-state index contributed by atoms with van der Waals surface area (Å²) in [5, 5.41) is 9.52. The highest BCUT2D eigenvalue weighted by atomic mass is 16.5. The van der Waals surface area contributed by atoms with Crippen LogP contribution >= 0.6 is 0 Å². The maximum absolute atomic E-state index is 11.7. The molecule has 1 atom stereocenters. The Morgan fingerprint density at radius 3 is 2.31 bits per heavy atom. The molecule has 3 N–H and O–H groups in total. The van der Waals surface area contributed by atoms with Crippen molar-refractivity contribution >= 4 is 11.9 Å². The number of benzene rings is 2. The first-order chi connectivity index (χ1) is 15.6. The van der Waals surface area contributed by atoms with E-state index in [1.165, 1.54) is 24.8 Å². The number of amides is 1. The minimum Gasteiger partial charge on any atom is -0.497 e. The van der Waals surface area contributed by atoms with Crippen LogP contribution in [0.1, 0.15) is 46.8 Å². The average molecular weight is 438 g/mol. The van der Waals surface area contributed by atoms with Crippen molar-refractivity contribution < 1.29 is 9.53 Å². The summed E-state index contributed by atoms with van der Waals surface area (Å²) in [7, 11) is 5.12. The van der Waals surface area contributed by atoms with Crippen molar-refractivity contribution in [1.29, 1.82) is 0 Å². The van der Waals surface area contributed by atoms with Crippen molar-refractivity contribution in [3.63, 3.8) is 0 Å². The minimum atomic E-state index is -0.0794. The molecule has 2 aromatic rings. The van der Waals surface area contributed by atoms with Crippen molar-refractivity contribution in [2.24, 2.45) is 4.99 Å². The van der Waals surface area contributed by atoms with Gasteiger partial charge in [0.2, 0.25) is 0 Å². The second-order valence-electron chi connectivity index (χ2n) is 7.97. The van der Waals surface area contributed by atoms with Crippen LogP contribution in [-0.4, -0.2) is 57.6 Å². The fourth-order valence-corrected chi connectivity index (χ4v) is 4.03. The summed E-state index contributed by atoms with van der Waals surface area (Å²) in [4.78, 5) is 18.7. The molecular weight excluding hydrogens is 402 g/mol. The van der Waals surface area contributed by atoms with Gasteiger partial charge in [0.1, 0.15) is 5.75 Å². The molecule has 3 rings (SSSR count). The molecule has 32 heavy (non-hydrogen) atoms. The van der Waals surface area contributed by atoms with Gasteiger partial charge in [-0.25, -0.2) is 0 Å². The van der Waals surface area contributed by atoms with E-state index in [-0.39, 0.29) is 11.9 Å². The van der Waals surface area contributed by atoms with Gasteiger partial charge in [-0.05, 0) is 61.3 Å². The van der Waals surface area contributed by atoms with Crippen LogP contribution in [0.15, 0.2) is 53.5 Å². The molecule has 0 aliphatic carbocycles. The molecule has 2 aromatic carbocycles. The smallest absolute Gasteiger partial charge is 0.251 e. The lowest BCUT2D eigenvalue weighted by Crippen LogP contribution is -2.44. The number of hydrogen-bond donors (Lipinski definition) is 3. The molecule has 1 amide bonds. The topological polar surface area (TPSA) is 78.0 Å². The van der Waals surface area contributed by atoms with Crippen molar-refractivity contribution in [2.45, 2.75) is 31.8 Å². The van der Waals surface area contributed by atoms with E-state index in [0.717, 1.165) is 36.9 Å². The molecule has 1 heterocycles. The highest BCUT2D eigenvalue weighted by Gasteiger charge is 2.22. The first kappa shape index (κ1) is 23.6. The highest BCUT2D eigenvalue weighted by Crippen LogP contribution is 2.25. The summed E-state index contributed by atoms with van der Waals surface area (Å²) in [6.45, 7) is 3.62. The Labute approximate surface area is 191 Å². The first-order valence-corrected chi connectivity index (χ1v) is 11.3. The highest BCUT2D eigenvalue weighted by molar-refractivity contribution is 5.93. The molecule has 0 saturated carbocycles. The zero-order valence-electron chi connectivity index (χ0n) is 19.4. The van der Waals surface area contributed by atoms with Crippen molar-refractivity contribution in [3.05, 3.63) is 65.2 Å². The van der Waals surface area contributed by atoms with Crippen LogP contribution in [0, 0.1) is 0 Å². The summed E-state index contributed by atoms with van der Waals surface area (Å²) in [6, 6.07) is 16.2. The number of methoxy groups -OCH3 is 1. The predicted molar refractivity (Wildman–Crippen MR) is 129 cm³/mol. The Morgan fingerprint density at radius 1 is 1.03 bits per heavy atom.